The minimum Gasteiger partial charge on any atom is -0.348 e. The Labute approximate surface area is 180 Å². The lowest BCUT2D eigenvalue weighted by Crippen LogP contribution is -2.66. The second kappa shape index (κ2) is 8.04. The van der Waals surface area contributed by atoms with Crippen LogP contribution in [-0.2, 0) is 10.1 Å². The van der Waals surface area contributed by atoms with E-state index < -0.39 is 10.1 Å². The largest absolute Gasteiger partial charge is 0.348 e. The lowest BCUT2D eigenvalue weighted by Gasteiger charge is -2.60. The van der Waals surface area contributed by atoms with Gasteiger partial charge in [0.05, 0.1) is 5.75 Å². The van der Waals surface area contributed by atoms with Crippen LogP contribution < -0.4 is 9.80 Å². The third-order valence-corrected chi connectivity index (χ3v) is 7.64. The third-order valence-electron chi connectivity index (χ3n) is 6.83. The fourth-order valence-corrected chi connectivity index (χ4v) is 6.62. The van der Waals surface area contributed by atoms with Crippen LogP contribution in [-0.4, -0.2) is 37.5 Å². The molecule has 1 aliphatic heterocycles. The highest BCUT2D eigenvalue weighted by atomic mass is 32.2. The van der Waals surface area contributed by atoms with Crippen LogP contribution >= 0.6 is 0 Å². The first-order chi connectivity index (χ1) is 14.2. The minimum absolute atomic E-state index is 0.158. The quantitative estimate of drug-likeness (QED) is 0.630. The van der Waals surface area contributed by atoms with Gasteiger partial charge in [0.1, 0.15) is 5.66 Å². The fourth-order valence-electron chi connectivity index (χ4n) is 6.13. The summed E-state index contributed by atoms with van der Waals surface area (Å²) in [7, 11) is -3.97. The molecule has 0 amide bonds. The summed E-state index contributed by atoms with van der Waals surface area (Å²) in [5.74, 6) is 0.999. The lowest BCUT2D eigenvalue weighted by molar-refractivity contribution is 0.163. The maximum atomic E-state index is 11.4. The Kier molecular flexibility index (Phi) is 5.75. The zero-order valence-corrected chi connectivity index (χ0v) is 19.2. The van der Waals surface area contributed by atoms with Crippen LogP contribution in [0.4, 0.5) is 11.4 Å². The second-order valence-electron chi connectivity index (χ2n) is 9.43. The number of hydrogen-bond donors (Lipinski definition) is 1. The minimum atomic E-state index is -3.97. The molecule has 1 spiro atoms. The van der Waals surface area contributed by atoms with E-state index in [1.807, 2.05) is 0 Å². The molecule has 2 aliphatic rings. The highest BCUT2D eigenvalue weighted by molar-refractivity contribution is 7.85. The molecule has 4 rings (SSSR count). The van der Waals surface area contributed by atoms with Crippen molar-refractivity contribution in [1.82, 2.24) is 0 Å². The molecular weight excluding hydrogens is 396 g/mol. The standard InChI is InChI=1S/C24H34N2O3S/c1-4-12-25-21-10-5-8-20-9-6-11-22(23(20)21)26(13-7-14-30(27,28)29)24(25)16-18(2)15-19(3)17-24/h5-6,8-11,18-19H,4,7,12-17H2,1-3H3,(H,27,28,29). The predicted molar refractivity (Wildman–Crippen MR) is 125 cm³/mol. The molecule has 2 aromatic carbocycles. The molecule has 6 heteroatoms. The van der Waals surface area contributed by atoms with E-state index in [1.165, 1.54) is 28.6 Å². The van der Waals surface area contributed by atoms with E-state index in [2.05, 4.69) is 67.0 Å². The van der Waals surface area contributed by atoms with E-state index in [-0.39, 0.29) is 11.4 Å². The van der Waals surface area contributed by atoms with Crippen molar-refractivity contribution in [2.24, 2.45) is 11.8 Å². The Morgan fingerprint density at radius 3 is 2.10 bits per heavy atom. The van der Waals surface area contributed by atoms with E-state index in [0.29, 0.717) is 24.8 Å². The van der Waals surface area contributed by atoms with Crippen molar-refractivity contribution < 1.29 is 13.0 Å². The van der Waals surface area contributed by atoms with Crippen LogP contribution in [0.15, 0.2) is 36.4 Å². The smallest absolute Gasteiger partial charge is 0.264 e. The molecule has 5 nitrogen and oxygen atoms in total. The van der Waals surface area contributed by atoms with Crippen LogP contribution in [0, 0.1) is 11.8 Å². The van der Waals surface area contributed by atoms with Crippen LogP contribution in [0.3, 0.4) is 0 Å². The number of nitrogens with zero attached hydrogens (tertiary/aromatic N) is 2. The first-order valence-electron chi connectivity index (χ1n) is 11.3. The molecular formula is C24H34N2O3S. The molecule has 0 radical (unpaired) electrons. The molecule has 164 valence electrons. The van der Waals surface area contributed by atoms with Gasteiger partial charge in [0.2, 0.25) is 0 Å². The van der Waals surface area contributed by atoms with Crippen molar-refractivity contribution >= 4 is 32.3 Å². The topological polar surface area (TPSA) is 60.9 Å². The summed E-state index contributed by atoms with van der Waals surface area (Å²) < 4.78 is 32.2. The highest BCUT2D eigenvalue weighted by Gasteiger charge is 2.49. The highest BCUT2D eigenvalue weighted by Crippen LogP contribution is 2.52. The average Bonchev–Trinajstić information content (AvgIpc) is 2.66. The molecule has 1 aliphatic carbocycles. The van der Waals surface area contributed by atoms with E-state index in [1.54, 1.807) is 0 Å². The normalized spacial score (nSPS) is 26.5. The monoisotopic (exact) mass is 430 g/mol. The zero-order valence-electron chi connectivity index (χ0n) is 18.3. The molecule has 0 saturated heterocycles. The predicted octanol–water partition coefficient (Wildman–Crippen LogP) is 5.31. The summed E-state index contributed by atoms with van der Waals surface area (Å²) in [6.45, 7) is 8.51. The molecule has 1 heterocycles. The lowest BCUT2D eigenvalue weighted by atomic mass is 9.73. The maximum absolute atomic E-state index is 11.4. The van der Waals surface area contributed by atoms with E-state index in [0.717, 1.165) is 25.8 Å². The first kappa shape index (κ1) is 21.4. The van der Waals surface area contributed by atoms with Crippen LogP contribution in [0.5, 0.6) is 0 Å². The Balaban J connectivity index is 1.89. The summed E-state index contributed by atoms with van der Waals surface area (Å²) in [4.78, 5) is 5.09. The molecule has 0 bridgehead atoms. The van der Waals surface area contributed by atoms with Gasteiger partial charge >= 0.3 is 0 Å². The summed E-state index contributed by atoms with van der Waals surface area (Å²) in [6, 6.07) is 13.0. The van der Waals surface area contributed by atoms with E-state index in [4.69, 9.17) is 0 Å². The van der Waals surface area contributed by atoms with Crippen molar-refractivity contribution in [3.05, 3.63) is 36.4 Å². The van der Waals surface area contributed by atoms with Gasteiger partial charge in [-0.25, -0.2) is 0 Å². The molecule has 1 saturated carbocycles. The molecule has 30 heavy (non-hydrogen) atoms. The number of benzene rings is 2. The van der Waals surface area contributed by atoms with E-state index in [9.17, 15) is 13.0 Å². The SMILES string of the molecule is CCCN1c2cccc3cccc(c23)N(CCCS(=O)(=O)O)C12CC(C)CC(C)C2. The van der Waals surface area contributed by atoms with Gasteiger partial charge in [-0.3, -0.25) is 4.55 Å². The molecule has 0 aromatic heterocycles. The van der Waals surface area contributed by atoms with Crippen molar-refractivity contribution in [2.45, 2.75) is 58.5 Å². The van der Waals surface area contributed by atoms with Crippen LogP contribution in [0.25, 0.3) is 10.8 Å². The van der Waals surface area contributed by atoms with Gasteiger partial charge in [-0.1, -0.05) is 45.0 Å². The summed E-state index contributed by atoms with van der Waals surface area (Å²) in [6.07, 6.45) is 4.83. The van der Waals surface area contributed by atoms with Crippen molar-refractivity contribution in [3.8, 4) is 0 Å². The fraction of sp³-hybridized carbons (Fsp3) is 0.583. The third kappa shape index (κ3) is 3.80. The van der Waals surface area contributed by atoms with Gasteiger partial charge in [-0.05, 0) is 61.5 Å². The molecule has 1 N–H and O–H groups in total. The first-order valence-corrected chi connectivity index (χ1v) is 12.9. The van der Waals surface area contributed by atoms with Crippen LogP contribution in [0.1, 0.15) is 52.9 Å². The Bertz CT molecular complexity index is 1010. The number of anilines is 2. The zero-order chi connectivity index (χ0) is 21.5. The number of rotatable bonds is 6. The molecule has 2 unspecified atom stereocenters. The van der Waals surface area contributed by atoms with Crippen molar-refractivity contribution in [2.75, 3.05) is 28.6 Å². The van der Waals surface area contributed by atoms with Gasteiger partial charge < -0.3 is 9.80 Å². The Morgan fingerprint density at radius 2 is 1.57 bits per heavy atom. The van der Waals surface area contributed by atoms with E-state index >= 15 is 0 Å². The molecule has 1 fully saturated rings. The van der Waals surface area contributed by atoms with Gasteiger partial charge in [0, 0.05) is 29.9 Å². The van der Waals surface area contributed by atoms with Gasteiger partial charge in [0.15, 0.2) is 0 Å². The summed E-state index contributed by atoms with van der Waals surface area (Å²) in [5, 5.41) is 2.48. The molecule has 2 aromatic rings. The van der Waals surface area contributed by atoms with Crippen LogP contribution in [0.2, 0.25) is 0 Å². The average molecular weight is 431 g/mol. The van der Waals surface area contributed by atoms with Crippen molar-refractivity contribution in [1.29, 1.82) is 0 Å². The Hall–Kier alpha value is -1.79. The maximum Gasteiger partial charge on any atom is 0.264 e. The summed E-state index contributed by atoms with van der Waals surface area (Å²) in [5.41, 5.74) is 2.35. The van der Waals surface area contributed by atoms with Gasteiger partial charge in [-0.15, -0.1) is 0 Å². The second-order valence-corrected chi connectivity index (χ2v) is 11.0. The molecule has 2 atom stereocenters. The van der Waals surface area contributed by atoms with Crippen molar-refractivity contribution in [3.63, 3.8) is 0 Å². The summed E-state index contributed by atoms with van der Waals surface area (Å²) >= 11 is 0. The van der Waals surface area contributed by atoms with Gasteiger partial charge in [0.25, 0.3) is 10.1 Å². The number of hydrogen-bond acceptors (Lipinski definition) is 4. The Morgan fingerprint density at radius 1 is 1.00 bits per heavy atom. The van der Waals surface area contributed by atoms with Gasteiger partial charge in [-0.2, -0.15) is 8.42 Å².